The van der Waals surface area contributed by atoms with Gasteiger partial charge in [0.25, 0.3) is 0 Å². The summed E-state index contributed by atoms with van der Waals surface area (Å²) in [5.74, 6) is 0. The molecule has 1 aliphatic rings. The lowest BCUT2D eigenvalue weighted by Crippen LogP contribution is -2.16. The Morgan fingerprint density at radius 3 is 1.62 bits per heavy atom. The molecule has 0 fully saturated rings. The SMILES string of the molecule is CC1(C)c2ccccc2-c2ccc(N(c3ccccc3)c3ccc(-c4ccc5ccc6c(-c7ccc(-c8nc9ccccn9c8-c8ccccc8)cc7)ccc7ccc4c5c76)cc3)cc21. The van der Waals surface area contributed by atoms with E-state index in [1.165, 1.54) is 76.8 Å². The predicted molar refractivity (Wildman–Crippen MR) is 273 cm³/mol. The van der Waals surface area contributed by atoms with Gasteiger partial charge in [0.15, 0.2) is 0 Å². The fourth-order valence-electron chi connectivity index (χ4n) is 10.8. The van der Waals surface area contributed by atoms with Crippen LogP contribution in [-0.4, -0.2) is 9.38 Å². The minimum atomic E-state index is -0.0848. The molecule has 0 N–H and O–H groups in total. The van der Waals surface area contributed by atoms with Crippen LogP contribution in [0.5, 0.6) is 0 Å². The number of imidazole rings is 1. The maximum absolute atomic E-state index is 5.12. The molecular formula is C62H43N3. The summed E-state index contributed by atoms with van der Waals surface area (Å²) in [6, 6.07) is 79.9. The van der Waals surface area contributed by atoms with Gasteiger partial charge in [-0.2, -0.15) is 0 Å². The third-order valence-corrected chi connectivity index (χ3v) is 14.0. The minimum absolute atomic E-state index is 0.0848. The van der Waals surface area contributed by atoms with Crippen LogP contribution in [0.15, 0.2) is 225 Å². The highest BCUT2D eigenvalue weighted by molar-refractivity contribution is 6.27. The average molecular weight is 830 g/mol. The molecular weight excluding hydrogens is 787 g/mol. The molecule has 2 heterocycles. The minimum Gasteiger partial charge on any atom is -0.310 e. The summed E-state index contributed by atoms with van der Waals surface area (Å²) in [4.78, 5) is 7.51. The van der Waals surface area contributed by atoms with Crippen molar-refractivity contribution in [3.63, 3.8) is 0 Å². The molecule has 0 unspecified atom stereocenters. The number of para-hydroxylation sites is 1. The van der Waals surface area contributed by atoms with Gasteiger partial charge in [-0.05, 0) is 125 Å². The molecule has 3 nitrogen and oxygen atoms in total. The van der Waals surface area contributed by atoms with Gasteiger partial charge in [0.1, 0.15) is 5.65 Å². The third-order valence-electron chi connectivity index (χ3n) is 14.0. The monoisotopic (exact) mass is 829 g/mol. The van der Waals surface area contributed by atoms with Crippen molar-refractivity contribution in [3.05, 3.63) is 236 Å². The van der Waals surface area contributed by atoms with E-state index in [1.54, 1.807) is 0 Å². The van der Waals surface area contributed by atoms with Gasteiger partial charge in [-0.1, -0.05) is 184 Å². The van der Waals surface area contributed by atoms with Crippen molar-refractivity contribution in [1.82, 2.24) is 9.38 Å². The maximum atomic E-state index is 5.12. The van der Waals surface area contributed by atoms with Gasteiger partial charge in [-0.3, -0.25) is 4.40 Å². The quantitative estimate of drug-likeness (QED) is 0.149. The number of rotatable bonds is 7. The first-order valence-electron chi connectivity index (χ1n) is 22.5. The van der Waals surface area contributed by atoms with Crippen LogP contribution in [0.25, 0.3) is 93.9 Å². The van der Waals surface area contributed by atoms with Crippen LogP contribution >= 0.6 is 0 Å². The second-order valence-electron chi connectivity index (χ2n) is 17.9. The van der Waals surface area contributed by atoms with Gasteiger partial charge in [0, 0.05) is 39.8 Å². The molecule has 0 saturated heterocycles. The Kier molecular flexibility index (Phi) is 8.25. The summed E-state index contributed by atoms with van der Waals surface area (Å²) in [6.45, 7) is 4.70. The number of anilines is 3. The number of fused-ring (bicyclic) bond motifs is 4. The van der Waals surface area contributed by atoms with Crippen LogP contribution in [0.1, 0.15) is 25.0 Å². The molecule has 0 atom stereocenters. The maximum Gasteiger partial charge on any atom is 0.137 e. The zero-order chi connectivity index (χ0) is 43.2. The van der Waals surface area contributed by atoms with Crippen LogP contribution in [-0.2, 0) is 5.41 Å². The molecule has 0 spiro atoms. The summed E-state index contributed by atoms with van der Waals surface area (Å²) in [5, 5.41) is 7.65. The van der Waals surface area contributed by atoms with Gasteiger partial charge in [0.2, 0.25) is 0 Å². The zero-order valence-electron chi connectivity index (χ0n) is 36.2. The smallest absolute Gasteiger partial charge is 0.137 e. The molecule has 3 heteroatoms. The van der Waals surface area contributed by atoms with Crippen molar-refractivity contribution in [2.75, 3.05) is 4.90 Å². The number of pyridine rings is 1. The van der Waals surface area contributed by atoms with Crippen LogP contribution in [0.3, 0.4) is 0 Å². The number of benzene rings is 10. The van der Waals surface area contributed by atoms with Crippen molar-refractivity contribution in [3.8, 4) is 55.9 Å². The molecule has 1 aliphatic carbocycles. The molecule has 0 amide bonds. The van der Waals surface area contributed by atoms with Gasteiger partial charge in [-0.15, -0.1) is 0 Å². The Morgan fingerprint density at radius 1 is 0.400 bits per heavy atom. The molecule has 0 aliphatic heterocycles. The van der Waals surface area contributed by atoms with Gasteiger partial charge in [-0.25, -0.2) is 4.98 Å². The lowest BCUT2D eigenvalue weighted by molar-refractivity contribution is 0.660. The van der Waals surface area contributed by atoms with E-state index < -0.39 is 0 Å². The molecule has 12 aromatic rings. The van der Waals surface area contributed by atoms with Crippen molar-refractivity contribution < 1.29 is 0 Å². The summed E-state index contributed by atoms with van der Waals surface area (Å²) in [5.41, 5.74) is 18.9. The fraction of sp³-hybridized carbons (Fsp3) is 0.0484. The summed E-state index contributed by atoms with van der Waals surface area (Å²) < 4.78 is 2.19. The van der Waals surface area contributed by atoms with Crippen LogP contribution in [0, 0.1) is 0 Å². The van der Waals surface area contributed by atoms with E-state index in [9.17, 15) is 0 Å². The van der Waals surface area contributed by atoms with E-state index in [0.29, 0.717) is 0 Å². The van der Waals surface area contributed by atoms with E-state index >= 15 is 0 Å². The normalized spacial score (nSPS) is 12.9. The summed E-state index contributed by atoms with van der Waals surface area (Å²) in [6.07, 6.45) is 2.10. The number of hydrogen-bond donors (Lipinski definition) is 0. The Bertz CT molecular complexity index is 3770. The third kappa shape index (κ3) is 5.79. The molecule has 0 saturated carbocycles. The van der Waals surface area contributed by atoms with E-state index in [-0.39, 0.29) is 5.41 Å². The molecule has 10 aromatic carbocycles. The average Bonchev–Trinajstić information content (AvgIpc) is 3.86. The Morgan fingerprint density at radius 2 is 0.923 bits per heavy atom. The second-order valence-corrected chi connectivity index (χ2v) is 17.9. The topological polar surface area (TPSA) is 20.5 Å². The Labute approximate surface area is 378 Å². The Balaban J connectivity index is 0.879. The number of nitrogens with zero attached hydrogens (tertiary/aromatic N) is 3. The molecule has 0 bridgehead atoms. The van der Waals surface area contributed by atoms with Gasteiger partial charge in [0.05, 0.1) is 11.4 Å². The second kappa shape index (κ2) is 14.4. The molecule has 2 aromatic heterocycles. The standard InChI is InChI=1S/C62H43N3/c1-62(2)55-18-10-9-17-51(55)52-37-32-48(39-56(52)62)65(46-15-7-4-8-16-46)47-30-24-41(25-31-47)50-34-27-43-28-35-53-49(33-26-42-29-36-54(50)59(43)58(42)53)40-20-22-44(23-21-40)60-61(45-13-5-3-6-14-45)64-38-12-11-19-57(64)63-60/h3-39H,1-2H3. The summed E-state index contributed by atoms with van der Waals surface area (Å²) in [7, 11) is 0. The molecule has 306 valence electrons. The van der Waals surface area contributed by atoms with E-state index in [2.05, 4.69) is 242 Å². The highest BCUT2D eigenvalue weighted by Crippen LogP contribution is 2.51. The molecule has 0 radical (unpaired) electrons. The fourth-order valence-corrected chi connectivity index (χ4v) is 10.8. The predicted octanol–water partition coefficient (Wildman–Crippen LogP) is 16.7. The van der Waals surface area contributed by atoms with Crippen LogP contribution in [0.4, 0.5) is 17.1 Å². The summed E-state index contributed by atoms with van der Waals surface area (Å²) >= 11 is 0. The first kappa shape index (κ1) is 37.3. The Hall–Kier alpha value is -8.27. The lowest BCUT2D eigenvalue weighted by atomic mass is 9.82. The van der Waals surface area contributed by atoms with Crippen LogP contribution in [0.2, 0.25) is 0 Å². The van der Waals surface area contributed by atoms with Gasteiger partial charge >= 0.3 is 0 Å². The van der Waals surface area contributed by atoms with Gasteiger partial charge < -0.3 is 4.90 Å². The highest BCUT2D eigenvalue weighted by atomic mass is 15.1. The number of hydrogen-bond acceptors (Lipinski definition) is 2. The largest absolute Gasteiger partial charge is 0.310 e. The first-order chi connectivity index (χ1) is 32.0. The number of aromatic nitrogens is 2. The lowest BCUT2D eigenvalue weighted by Gasteiger charge is -2.28. The van der Waals surface area contributed by atoms with E-state index in [0.717, 1.165) is 45.2 Å². The zero-order valence-corrected chi connectivity index (χ0v) is 36.2. The van der Waals surface area contributed by atoms with E-state index in [1.807, 2.05) is 6.07 Å². The van der Waals surface area contributed by atoms with Crippen molar-refractivity contribution in [2.45, 2.75) is 19.3 Å². The van der Waals surface area contributed by atoms with Crippen molar-refractivity contribution in [2.24, 2.45) is 0 Å². The van der Waals surface area contributed by atoms with Crippen LogP contribution < -0.4 is 4.90 Å². The molecule has 13 rings (SSSR count). The van der Waals surface area contributed by atoms with Crippen molar-refractivity contribution >= 4 is 55.0 Å². The van der Waals surface area contributed by atoms with Crippen molar-refractivity contribution in [1.29, 1.82) is 0 Å². The first-order valence-corrected chi connectivity index (χ1v) is 22.5. The molecule has 65 heavy (non-hydrogen) atoms. The van der Waals surface area contributed by atoms with E-state index in [4.69, 9.17) is 4.98 Å². The highest BCUT2D eigenvalue weighted by Gasteiger charge is 2.35.